The largest absolute Gasteiger partial charge is 0.364 e. The van der Waals surface area contributed by atoms with Crippen LogP contribution >= 0.6 is 0 Å². The van der Waals surface area contributed by atoms with Crippen LogP contribution in [0.4, 0.5) is 0 Å². The van der Waals surface area contributed by atoms with Crippen molar-refractivity contribution in [3.63, 3.8) is 0 Å². The Hall–Kier alpha value is -2.80. The normalized spacial score (nSPS) is 22.0. The molecule has 7 nitrogen and oxygen atoms in total. The molecular formula is C18H17N5O2. The Labute approximate surface area is 144 Å². The Morgan fingerprint density at radius 3 is 3.04 bits per heavy atom. The Kier molecular flexibility index (Phi) is 2.96. The van der Waals surface area contributed by atoms with Gasteiger partial charge in [-0.15, -0.1) is 5.10 Å². The van der Waals surface area contributed by atoms with Gasteiger partial charge in [-0.3, -0.25) is 4.79 Å². The summed E-state index contributed by atoms with van der Waals surface area (Å²) in [6, 6.07) is 10.1. The number of benzene rings is 1. The molecule has 0 unspecified atom stereocenters. The van der Waals surface area contributed by atoms with E-state index in [0.29, 0.717) is 25.5 Å². The number of aromatic nitrogens is 4. The molecule has 126 valence electrons. The van der Waals surface area contributed by atoms with Gasteiger partial charge in [0.1, 0.15) is 5.60 Å². The maximum absolute atomic E-state index is 12.9. The summed E-state index contributed by atoms with van der Waals surface area (Å²) in [6.07, 6.45) is 2.46. The minimum absolute atomic E-state index is 0.172. The van der Waals surface area contributed by atoms with E-state index in [-0.39, 0.29) is 17.3 Å². The van der Waals surface area contributed by atoms with Crippen LogP contribution in [0.2, 0.25) is 0 Å². The molecule has 7 heteroatoms. The standard InChI is InChI=1S/C18H17N5O2/c1-12-6-8-19-17-20-15(21-23(12)17)16(24)22-9-7-18(11-22)14-5-3-2-4-13(14)10-25-18/h2-6,8H,7,9-11H2,1H3/t18-/m1/s1. The van der Waals surface area contributed by atoms with E-state index >= 15 is 0 Å². The third kappa shape index (κ3) is 2.09. The van der Waals surface area contributed by atoms with Crippen LogP contribution in [-0.2, 0) is 16.9 Å². The summed E-state index contributed by atoms with van der Waals surface area (Å²) in [6.45, 7) is 3.68. The molecule has 2 aromatic heterocycles. The molecule has 0 bridgehead atoms. The summed E-state index contributed by atoms with van der Waals surface area (Å²) in [5.41, 5.74) is 2.91. The van der Waals surface area contributed by atoms with Crippen molar-refractivity contribution in [2.45, 2.75) is 25.6 Å². The minimum Gasteiger partial charge on any atom is -0.364 e. The van der Waals surface area contributed by atoms with Gasteiger partial charge in [-0.25, -0.2) is 9.50 Å². The summed E-state index contributed by atoms with van der Waals surface area (Å²) in [4.78, 5) is 23.1. The lowest BCUT2D eigenvalue weighted by molar-refractivity contribution is -0.0283. The zero-order valence-electron chi connectivity index (χ0n) is 13.8. The highest BCUT2D eigenvalue weighted by Crippen LogP contribution is 2.43. The van der Waals surface area contributed by atoms with Gasteiger partial charge in [0.25, 0.3) is 11.7 Å². The third-order valence-electron chi connectivity index (χ3n) is 5.15. The first-order chi connectivity index (χ1) is 12.2. The third-order valence-corrected chi connectivity index (χ3v) is 5.15. The molecule has 25 heavy (non-hydrogen) atoms. The van der Waals surface area contributed by atoms with Crippen molar-refractivity contribution < 1.29 is 9.53 Å². The summed E-state index contributed by atoms with van der Waals surface area (Å²) < 4.78 is 7.71. The van der Waals surface area contributed by atoms with Crippen LogP contribution in [0.3, 0.4) is 0 Å². The molecule has 0 aliphatic carbocycles. The highest BCUT2D eigenvalue weighted by molar-refractivity contribution is 5.91. The van der Waals surface area contributed by atoms with Gasteiger partial charge < -0.3 is 9.64 Å². The first-order valence-corrected chi connectivity index (χ1v) is 8.36. The van der Waals surface area contributed by atoms with Gasteiger partial charge in [0.05, 0.1) is 13.2 Å². The molecule has 1 fully saturated rings. The van der Waals surface area contributed by atoms with Crippen LogP contribution in [0.25, 0.3) is 5.78 Å². The second-order valence-corrected chi connectivity index (χ2v) is 6.65. The molecule has 0 N–H and O–H groups in total. The second kappa shape index (κ2) is 5.10. The number of carbonyl (C=O) groups excluding carboxylic acids is 1. The van der Waals surface area contributed by atoms with Crippen molar-refractivity contribution in [2.75, 3.05) is 13.1 Å². The van der Waals surface area contributed by atoms with E-state index in [9.17, 15) is 4.79 Å². The van der Waals surface area contributed by atoms with E-state index in [2.05, 4.69) is 27.2 Å². The van der Waals surface area contributed by atoms with Gasteiger partial charge in [-0.1, -0.05) is 24.3 Å². The molecule has 1 saturated heterocycles. The Balaban J connectivity index is 1.45. The van der Waals surface area contributed by atoms with Crippen molar-refractivity contribution in [1.82, 2.24) is 24.5 Å². The summed E-state index contributed by atoms with van der Waals surface area (Å²) in [5, 5.41) is 4.33. The summed E-state index contributed by atoms with van der Waals surface area (Å²) >= 11 is 0. The molecule has 2 aliphatic rings. The number of likely N-dealkylation sites (tertiary alicyclic amines) is 1. The fourth-order valence-corrected chi connectivity index (χ4v) is 3.82. The number of fused-ring (bicyclic) bond motifs is 3. The molecule has 1 atom stereocenters. The maximum atomic E-state index is 12.9. The molecular weight excluding hydrogens is 318 g/mol. The number of nitrogens with zero attached hydrogens (tertiary/aromatic N) is 5. The number of amides is 1. The number of rotatable bonds is 1. The Bertz CT molecular complexity index is 998. The second-order valence-electron chi connectivity index (χ2n) is 6.65. The number of carbonyl (C=O) groups is 1. The van der Waals surface area contributed by atoms with E-state index in [4.69, 9.17) is 4.74 Å². The SMILES string of the molecule is Cc1ccnc2nc(C(=O)N3CC[C@]4(C3)OCc3ccccc34)nn12. The van der Waals surface area contributed by atoms with Crippen molar-refractivity contribution in [3.8, 4) is 0 Å². The van der Waals surface area contributed by atoms with Gasteiger partial charge >= 0.3 is 0 Å². The Morgan fingerprint density at radius 2 is 2.16 bits per heavy atom. The maximum Gasteiger partial charge on any atom is 0.293 e. The number of ether oxygens (including phenoxy) is 1. The number of aryl methyl sites for hydroxylation is 1. The fraction of sp³-hybridized carbons (Fsp3) is 0.333. The highest BCUT2D eigenvalue weighted by Gasteiger charge is 2.47. The van der Waals surface area contributed by atoms with Crippen LogP contribution < -0.4 is 0 Å². The minimum atomic E-state index is -0.389. The number of hydrogen-bond acceptors (Lipinski definition) is 5. The predicted octanol–water partition coefficient (Wildman–Crippen LogP) is 1.70. The molecule has 1 amide bonds. The highest BCUT2D eigenvalue weighted by atomic mass is 16.5. The zero-order valence-corrected chi connectivity index (χ0v) is 13.8. The van der Waals surface area contributed by atoms with E-state index in [1.165, 1.54) is 11.1 Å². The lowest BCUT2D eigenvalue weighted by atomic mass is 9.92. The first kappa shape index (κ1) is 14.5. The molecule has 1 spiro atoms. The summed E-state index contributed by atoms with van der Waals surface area (Å²) in [7, 11) is 0. The molecule has 3 aromatic rings. The topological polar surface area (TPSA) is 72.6 Å². The van der Waals surface area contributed by atoms with E-state index in [0.717, 1.165) is 12.1 Å². The van der Waals surface area contributed by atoms with E-state index in [1.807, 2.05) is 25.1 Å². The monoisotopic (exact) mass is 335 g/mol. The van der Waals surface area contributed by atoms with Crippen LogP contribution in [0.15, 0.2) is 36.5 Å². The van der Waals surface area contributed by atoms with Crippen molar-refractivity contribution in [2.24, 2.45) is 0 Å². The van der Waals surface area contributed by atoms with E-state index < -0.39 is 0 Å². The van der Waals surface area contributed by atoms with Gasteiger partial charge in [0.2, 0.25) is 5.82 Å². The molecule has 1 aromatic carbocycles. The zero-order chi connectivity index (χ0) is 17.0. The molecule has 0 saturated carbocycles. The first-order valence-electron chi connectivity index (χ1n) is 8.36. The van der Waals surface area contributed by atoms with Crippen LogP contribution in [0.5, 0.6) is 0 Å². The smallest absolute Gasteiger partial charge is 0.293 e. The van der Waals surface area contributed by atoms with Gasteiger partial charge in [-0.2, -0.15) is 4.98 Å². The Morgan fingerprint density at radius 1 is 1.28 bits per heavy atom. The van der Waals surface area contributed by atoms with Gasteiger partial charge in [0.15, 0.2) is 0 Å². The fourth-order valence-electron chi connectivity index (χ4n) is 3.82. The average molecular weight is 335 g/mol. The van der Waals surface area contributed by atoms with Gasteiger partial charge in [-0.05, 0) is 30.5 Å². The van der Waals surface area contributed by atoms with Gasteiger partial charge in [0, 0.05) is 18.4 Å². The lowest BCUT2D eigenvalue weighted by Crippen LogP contribution is -2.34. The van der Waals surface area contributed by atoms with Crippen molar-refractivity contribution in [1.29, 1.82) is 0 Å². The number of hydrogen-bond donors (Lipinski definition) is 0. The van der Waals surface area contributed by atoms with E-state index in [1.54, 1.807) is 15.6 Å². The van der Waals surface area contributed by atoms with Crippen LogP contribution in [0, 0.1) is 6.92 Å². The molecule has 5 rings (SSSR count). The molecule has 0 radical (unpaired) electrons. The lowest BCUT2D eigenvalue weighted by Gasteiger charge is -2.24. The van der Waals surface area contributed by atoms with Crippen molar-refractivity contribution >= 4 is 11.7 Å². The average Bonchev–Trinajstić information content (AvgIpc) is 3.34. The predicted molar refractivity (Wildman–Crippen MR) is 88.9 cm³/mol. The molecule has 2 aliphatic heterocycles. The molecule has 4 heterocycles. The summed E-state index contributed by atoms with van der Waals surface area (Å²) in [5.74, 6) is 0.458. The van der Waals surface area contributed by atoms with Crippen LogP contribution in [-0.4, -0.2) is 43.5 Å². The van der Waals surface area contributed by atoms with Crippen molar-refractivity contribution in [3.05, 3.63) is 59.2 Å². The quantitative estimate of drug-likeness (QED) is 0.677. The van der Waals surface area contributed by atoms with Crippen LogP contribution in [0.1, 0.15) is 33.9 Å².